The number of benzene rings is 1. The minimum atomic E-state index is 0.205. The smallest absolute Gasteiger partial charge is 0.0483 e. The standard InChI is InChI=1S/C17H26N2/c1-6-18-10-9-17(3,4)15-12-19(5)16-11-13(2)7-8-14(15)16/h7-8,11-12,18H,6,9-10H2,1-5H3. The SMILES string of the molecule is CCNCCC(C)(C)c1cn(C)c2cc(C)ccc12. The van der Waals surface area contributed by atoms with E-state index in [1.54, 1.807) is 0 Å². The zero-order valence-electron chi connectivity index (χ0n) is 12.9. The van der Waals surface area contributed by atoms with Crippen molar-refractivity contribution in [2.75, 3.05) is 13.1 Å². The second-order valence-electron chi connectivity index (χ2n) is 6.16. The number of nitrogens with one attached hydrogen (secondary N) is 1. The molecule has 2 heteroatoms. The third-order valence-corrected chi connectivity index (χ3v) is 4.05. The molecule has 0 spiro atoms. The summed E-state index contributed by atoms with van der Waals surface area (Å²) in [6.07, 6.45) is 3.46. The Labute approximate surface area is 116 Å². The van der Waals surface area contributed by atoms with Crippen molar-refractivity contribution in [1.29, 1.82) is 0 Å². The summed E-state index contributed by atoms with van der Waals surface area (Å²) in [6.45, 7) is 11.1. The number of rotatable bonds is 5. The van der Waals surface area contributed by atoms with Crippen LogP contribution in [0.1, 0.15) is 38.3 Å². The van der Waals surface area contributed by atoms with Gasteiger partial charge in [-0.3, -0.25) is 0 Å². The number of nitrogens with zero attached hydrogens (tertiary/aromatic N) is 1. The summed E-state index contributed by atoms with van der Waals surface area (Å²) in [6, 6.07) is 6.76. The van der Waals surface area contributed by atoms with Gasteiger partial charge in [0.25, 0.3) is 0 Å². The molecule has 1 aromatic carbocycles. The molecule has 0 amide bonds. The fourth-order valence-electron chi connectivity index (χ4n) is 2.75. The quantitative estimate of drug-likeness (QED) is 0.808. The van der Waals surface area contributed by atoms with Crippen molar-refractivity contribution in [2.24, 2.45) is 7.05 Å². The first-order valence-electron chi connectivity index (χ1n) is 7.22. The molecular formula is C17H26N2. The molecule has 0 aliphatic carbocycles. The van der Waals surface area contributed by atoms with Gasteiger partial charge >= 0.3 is 0 Å². The first-order valence-corrected chi connectivity index (χ1v) is 7.22. The molecule has 19 heavy (non-hydrogen) atoms. The summed E-state index contributed by atoms with van der Waals surface area (Å²) in [5.74, 6) is 0. The van der Waals surface area contributed by atoms with Crippen LogP contribution in [-0.2, 0) is 12.5 Å². The summed E-state index contributed by atoms with van der Waals surface area (Å²) in [5, 5.41) is 4.83. The van der Waals surface area contributed by atoms with Crippen molar-refractivity contribution >= 4 is 10.9 Å². The summed E-state index contributed by atoms with van der Waals surface area (Å²) in [7, 11) is 2.14. The van der Waals surface area contributed by atoms with E-state index in [4.69, 9.17) is 0 Å². The van der Waals surface area contributed by atoms with E-state index in [1.165, 1.54) is 22.0 Å². The Morgan fingerprint density at radius 3 is 2.68 bits per heavy atom. The van der Waals surface area contributed by atoms with E-state index < -0.39 is 0 Å². The molecule has 0 radical (unpaired) electrons. The minimum absolute atomic E-state index is 0.205. The molecule has 0 saturated carbocycles. The fraction of sp³-hybridized carbons (Fsp3) is 0.529. The monoisotopic (exact) mass is 258 g/mol. The van der Waals surface area contributed by atoms with Gasteiger partial charge in [0.05, 0.1) is 0 Å². The zero-order valence-corrected chi connectivity index (χ0v) is 12.9. The molecule has 1 heterocycles. The average Bonchev–Trinajstić information content (AvgIpc) is 2.68. The van der Waals surface area contributed by atoms with E-state index in [0.29, 0.717) is 0 Å². The minimum Gasteiger partial charge on any atom is -0.350 e. The number of hydrogen-bond donors (Lipinski definition) is 1. The van der Waals surface area contributed by atoms with Gasteiger partial charge in [-0.25, -0.2) is 0 Å². The molecule has 0 aliphatic heterocycles. The van der Waals surface area contributed by atoms with E-state index in [9.17, 15) is 0 Å². The van der Waals surface area contributed by atoms with E-state index >= 15 is 0 Å². The van der Waals surface area contributed by atoms with Gasteiger partial charge in [0, 0.05) is 24.1 Å². The lowest BCUT2D eigenvalue weighted by Crippen LogP contribution is -2.25. The third kappa shape index (κ3) is 2.84. The first kappa shape index (κ1) is 14.1. The molecule has 0 atom stereocenters. The zero-order chi connectivity index (χ0) is 14.0. The second kappa shape index (κ2) is 5.38. The summed E-state index contributed by atoms with van der Waals surface area (Å²) < 4.78 is 2.26. The number of fused-ring (bicyclic) bond motifs is 1. The maximum absolute atomic E-state index is 3.43. The van der Waals surface area contributed by atoms with Crippen molar-refractivity contribution < 1.29 is 0 Å². The summed E-state index contributed by atoms with van der Waals surface area (Å²) >= 11 is 0. The number of hydrogen-bond acceptors (Lipinski definition) is 1. The van der Waals surface area contributed by atoms with Gasteiger partial charge in [-0.2, -0.15) is 0 Å². The third-order valence-electron chi connectivity index (χ3n) is 4.05. The Morgan fingerprint density at radius 2 is 2.00 bits per heavy atom. The van der Waals surface area contributed by atoms with E-state index in [1.807, 2.05) is 0 Å². The van der Waals surface area contributed by atoms with Crippen LogP contribution in [0.25, 0.3) is 10.9 Å². The molecule has 2 nitrogen and oxygen atoms in total. The molecule has 0 fully saturated rings. The predicted molar refractivity (Wildman–Crippen MR) is 83.8 cm³/mol. The largest absolute Gasteiger partial charge is 0.350 e. The maximum Gasteiger partial charge on any atom is 0.0483 e. The predicted octanol–water partition coefficient (Wildman–Crippen LogP) is 3.76. The van der Waals surface area contributed by atoms with Crippen molar-refractivity contribution in [2.45, 2.75) is 39.5 Å². The Balaban J connectivity index is 2.39. The topological polar surface area (TPSA) is 17.0 Å². The van der Waals surface area contributed by atoms with Gasteiger partial charge in [0.1, 0.15) is 0 Å². The lowest BCUT2D eigenvalue weighted by atomic mass is 9.81. The van der Waals surface area contributed by atoms with Crippen LogP contribution in [0.2, 0.25) is 0 Å². The highest BCUT2D eigenvalue weighted by atomic mass is 14.9. The van der Waals surface area contributed by atoms with Gasteiger partial charge < -0.3 is 9.88 Å². The fourth-order valence-corrected chi connectivity index (χ4v) is 2.75. The van der Waals surface area contributed by atoms with Gasteiger partial charge in [0.2, 0.25) is 0 Å². The van der Waals surface area contributed by atoms with Crippen LogP contribution >= 0.6 is 0 Å². The Bertz CT molecular complexity index is 564. The Hall–Kier alpha value is -1.28. The first-order chi connectivity index (χ1) is 8.95. The lowest BCUT2D eigenvalue weighted by molar-refractivity contribution is 0.463. The van der Waals surface area contributed by atoms with Crippen LogP contribution < -0.4 is 5.32 Å². The van der Waals surface area contributed by atoms with E-state index in [2.05, 4.69) is 69.0 Å². The average molecular weight is 258 g/mol. The van der Waals surface area contributed by atoms with Gasteiger partial charge in [-0.15, -0.1) is 0 Å². The Kier molecular flexibility index (Phi) is 4.00. The number of aryl methyl sites for hydroxylation is 2. The highest BCUT2D eigenvalue weighted by molar-refractivity contribution is 5.85. The molecule has 0 saturated heterocycles. The van der Waals surface area contributed by atoms with Gasteiger partial charge in [-0.1, -0.05) is 32.9 Å². The molecule has 0 unspecified atom stereocenters. The molecule has 2 aromatic rings. The number of aromatic nitrogens is 1. The molecule has 1 aromatic heterocycles. The van der Waals surface area contributed by atoms with E-state index in [-0.39, 0.29) is 5.41 Å². The van der Waals surface area contributed by atoms with Gasteiger partial charge in [-0.05, 0) is 49.0 Å². The highest BCUT2D eigenvalue weighted by Gasteiger charge is 2.24. The summed E-state index contributed by atoms with van der Waals surface area (Å²) in [5.41, 5.74) is 4.33. The molecule has 2 rings (SSSR count). The normalized spacial score (nSPS) is 12.3. The van der Waals surface area contributed by atoms with Crippen molar-refractivity contribution in [1.82, 2.24) is 9.88 Å². The van der Waals surface area contributed by atoms with E-state index in [0.717, 1.165) is 19.5 Å². The van der Waals surface area contributed by atoms with Crippen molar-refractivity contribution in [3.05, 3.63) is 35.5 Å². The van der Waals surface area contributed by atoms with Crippen molar-refractivity contribution in [3.63, 3.8) is 0 Å². The molecule has 0 aliphatic rings. The molecule has 1 N–H and O–H groups in total. The molecular weight excluding hydrogens is 232 g/mol. The highest BCUT2D eigenvalue weighted by Crippen LogP contribution is 2.34. The second-order valence-corrected chi connectivity index (χ2v) is 6.16. The lowest BCUT2D eigenvalue weighted by Gasteiger charge is -2.24. The Morgan fingerprint density at radius 1 is 1.26 bits per heavy atom. The van der Waals surface area contributed by atoms with Crippen molar-refractivity contribution in [3.8, 4) is 0 Å². The van der Waals surface area contributed by atoms with Crippen LogP contribution in [0.4, 0.5) is 0 Å². The summed E-state index contributed by atoms with van der Waals surface area (Å²) in [4.78, 5) is 0. The van der Waals surface area contributed by atoms with Gasteiger partial charge in [0.15, 0.2) is 0 Å². The van der Waals surface area contributed by atoms with Crippen LogP contribution in [0.3, 0.4) is 0 Å². The molecule has 104 valence electrons. The van der Waals surface area contributed by atoms with Crippen LogP contribution in [0, 0.1) is 6.92 Å². The maximum atomic E-state index is 3.43. The van der Waals surface area contributed by atoms with Crippen LogP contribution in [0.5, 0.6) is 0 Å². The van der Waals surface area contributed by atoms with Crippen LogP contribution in [0.15, 0.2) is 24.4 Å². The molecule has 0 bridgehead atoms. The van der Waals surface area contributed by atoms with Crippen LogP contribution in [-0.4, -0.2) is 17.7 Å².